The number of nitrogens with one attached hydrogen (secondary N) is 3. The fraction of sp³-hybridized carbons (Fsp3) is 0.600. The number of hydrogen-bond donors (Lipinski definition) is 3. The number of benzene rings is 1. The van der Waals surface area contributed by atoms with Gasteiger partial charge in [-0.3, -0.25) is 33.8 Å². The van der Waals surface area contributed by atoms with Gasteiger partial charge in [0.2, 0.25) is 17.7 Å². The van der Waals surface area contributed by atoms with Crippen LogP contribution in [-0.2, 0) is 35.1 Å². The summed E-state index contributed by atoms with van der Waals surface area (Å²) in [6, 6.07) is 5.37. The average molecular weight is 571 g/mol. The fourth-order valence-corrected chi connectivity index (χ4v) is 5.14. The van der Waals surface area contributed by atoms with Gasteiger partial charge in [0.05, 0.1) is 12.0 Å². The first kappa shape index (κ1) is 31.9. The standard InChI is InChI=1S/C30H42N4O7/c1-18(2)14-26(37)31-13-11-27(38)34-23(10-7-12-32-34)29(39)33-28(19(3)4)25(36)17-41-30(40)21-15-20-8-5-6-9-22(20)24(35)16-21/h5-6,8-9,18-19,21,23,28,32H,7,10-17H2,1-4H3,(H,31,37)(H,33,39)/t21?,23-,28+/m0/s1. The molecule has 1 aliphatic carbocycles. The molecule has 41 heavy (non-hydrogen) atoms. The lowest BCUT2D eigenvalue weighted by Crippen LogP contribution is -2.61. The smallest absolute Gasteiger partial charge is 0.310 e. The zero-order chi connectivity index (χ0) is 30.1. The Morgan fingerprint density at radius 3 is 2.51 bits per heavy atom. The number of hydrazine groups is 1. The van der Waals surface area contributed by atoms with E-state index in [1.807, 2.05) is 19.9 Å². The summed E-state index contributed by atoms with van der Waals surface area (Å²) >= 11 is 0. The van der Waals surface area contributed by atoms with E-state index in [9.17, 15) is 28.8 Å². The topological polar surface area (TPSA) is 151 Å². The van der Waals surface area contributed by atoms with Crippen LogP contribution in [0.25, 0.3) is 0 Å². The van der Waals surface area contributed by atoms with Crippen LogP contribution < -0.4 is 16.1 Å². The molecule has 1 heterocycles. The zero-order valence-corrected chi connectivity index (χ0v) is 24.4. The molecule has 1 fully saturated rings. The van der Waals surface area contributed by atoms with Crippen molar-refractivity contribution in [1.82, 2.24) is 21.1 Å². The summed E-state index contributed by atoms with van der Waals surface area (Å²) in [5.41, 5.74) is 4.35. The van der Waals surface area contributed by atoms with Gasteiger partial charge in [0.15, 0.2) is 18.2 Å². The minimum Gasteiger partial charge on any atom is -0.457 e. The molecule has 3 rings (SSSR count). The summed E-state index contributed by atoms with van der Waals surface area (Å²) in [4.78, 5) is 76.2. The second-order valence-corrected chi connectivity index (χ2v) is 11.5. The Labute approximate surface area is 241 Å². The van der Waals surface area contributed by atoms with Gasteiger partial charge in [0, 0.05) is 37.9 Å². The second-order valence-electron chi connectivity index (χ2n) is 11.5. The molecule has 3 N–H and O–H groups in total. The normalized spacial score (nSPS) is 19.4. The molecule has 1 unspecified atom stereocenters. The largest absolute Gasteiger partial charge is 0.457 e. The lowest BCUT2D eigenvalue weighted by atomic mass is 9.83. The molecule has 1 aromatic rings. The van der Waals surface area contributed by atoms with Crippen LogP contribution in [0.2, 0.25) is 0 Å². The molecule has 2 aliphatic rings. The number of fused-ring (bicyclic) bond motifs is 1. The first-order valence-electron chi connectivity index (χ1n) is 14.4. The summed E-state index contributed by atoms with van der Waals surface area (Å²) in [5.74, 6) is -2.94. The maximum Gasteiger partial charge on any atom is 0.310 e. The Bertz CT molecular complexity index is 1150. The molecule has 3 atom stereocenters. The van der Waals surface area contributed by atoms with E-state index in [0.717, 1.165) is 5.56 Å². The van der Waals surface area contributed by atoms with Crippen molar-refractivity contribution in [2.45, 2.75) is 78.3 Å². The number of hydrogen-bond acceptors (Lipinski definition) is 8. The highest BCUT2D eigenvalue weighted by Crippen LogP contribution is 2.26. The molecule has 1 saturated heterocycles. The third-order valence-corrected chi connectivity index (χ3v) is 7.29. The summed E-state index contributed by atoms with van der Waals surface area (Å²) in [7, 11) is 0. The minimum atomic E-state index is -0.932. The van der Waals surface area contributed by atoms with Crippen molar-refractivity contribution >= 4 is 35.3 Å². The van der Waals surface area contributed by atoms with Crippen LogP contribution in [-0.4, -0.2) is 72.0 Å². The molecule has 0 radical (unpaired) electrons. The predicted octanol–water partition coefficient (Wildman–Crippen LogP) is 1.73. The highest BCUT2D eigenvalue weighted by atomic mass is 16.5. The van der Waals surface area contributed by atoms with Gasteiger partial charge in [0.1, 0.15) is 6.04 Å². The fourth-order valence-electron chi connectivity index (χ4n) is 5.14. The Morgan fingerprint density at radius 1 is 1.07 bits per heavy atom. The van der Waals surface area contributed by atoms with Crippen LogP contribution in [0.1, 0.15) is 75.7 Å². The van der Waals surface area contributed by atoms with Gasteiger partial charge >= 0.3 is 5.97 Å². The van der Waals surface area contributed by atoms with Gasteiger partial charge < -0.3 is 15.4 Å². The number of carbonyl (C=O) groups is 6. The van der Waals surface area contributed by atoms with Crippen molar-refractivity contribution in [3.05, 3.63) is 35.4 Å². The van der Waals surface area contributed by atoms with E-state index in [-0.39, 0.29) is 48.8 Å². The number of ketones is 2. The average Bonchev–Trinajstić information content (AvgIpc) is 2.93. The van der Waals surface area contributed by atoms with E-state index < -0.39 is 42.3 Å². The first-order chi connectivity index (χ1) is 19.5. The molecular weight excluding hydrogens is 528 g/mol. The predicted molar refractivity (Wildman–Crippen MR) is 150 cm³/mol. The third kappa shape index (κ3) is 8.94. The number of esters is 1. The number of Topliss-reactive ketones (excluding diaryl/α,β-unsaturated/α-hetero) is 2. The van der Waals surface area contributed by atoms with Crippen LogP contribution in [0, 0.1) is 17.8 Å². The van der Waals surface area contributed by atoms with E-state index >= 15 is 0 Å². The van der Waals surface area contributed by atoms with E-state index in [1.54, 1.807) is 32.0 Å². The van der Waals surface area contributed by atoms with Gasteiger partial charge in [-0.15, -0.1) is 0 Å². The highest BCUT2D eigenvalue weighted by Gasteiger charge is 2.36. The molecule has 1 aliphatic heterocycles. The van der Waals surface area contributed by atoms with Gasteiger partial charge in [-0.2, -0.15) is 0 Å². The Balaban J connectivity index is 1.54. The van der Waals surface area contributed by atoms with Crippen LogP contribution in [0.4, 0.5) is 0 Å². The van der Waals surface area contributed by atoms with Gasteiger partial charge in [-0.25, -0.2) is 5.43 Å². The zero-order valence-electron chi connectivity index (χ0n) is 24.4. The van der Waals surface area contributed by atoms with E-state index in [0.29, 0.717) is 37.8 Å². The van der Waals surface area contributed by atoms with Gasteiger partial charge in [-0.05, 0) is 36.7 Å². The SMILES string of the molecule is CC(C)CC(=O)NCCC(=O)N1NCCC[C@H]1C(=O)N[C@@H](C(=O)COC(=O)C1CC(=O)c2ccccc2C1)C(C)C. The van der Waals surface area contributed by atoms with E-state index in [4.69, 9.17) is 4.74 Å². The Kier molecular flexibility index (Phi) is 11.6. The quantitative estimate of drug-likeness (QED) is 0.322. The molecule has 3 amide bonds. The van der Waals surface area contributed by atoms with Crippen LogP contribution in [0.5, 0.6) is 0 Å². The molecular formula is C30H42N4O7. The minimum absolute atomic E-state index is 0.0222. The van der Waals surface area contributed by atoms with Gasteiger partial charge in [0.25, 0.3) is 0 Å². The molecule has 224 valence electrons. The number of amides is 3. The third-order valence-electron chi connectivity index (χ3n) is 7.29. The van der Waals surface area contributed by atoms with Gasteiger partial charge in [-0.1, -0.05) is 52.0 Å². The van der Waals surface area contributed by atoms with Crippen LogP contribution in [0.15, 0.2) is 24.3 Å². The number of nitrogens with zero attached hydrogens (tertiary/aromatic N) is 1. The number of carbonyl (C=O) groups excluding carboxylic acids is 6. The van der Waals surface area contributed by atoms with Crippen LogP contribution >= 0.6 is 0 Å². The maximum atomic E-state index is 13.3. The Morgan fingerprint density at radius 2 is 1.80 bits per heavy atom. The molecule has 0 saturated carbocycles. The van der Waals surface area contributed by atoms with Crippen molar-refractivity contribution in [3.63, 3.8) is 0 Å². The molecule has 0 spiro atoms. The van der Waals surface area contributed by atoms with Crippen molar-refractivity contribution in [2.24, 2.45) is 17.8 Å². The molecule has 1 aromatic carbocycles. The van der Waals surface area contributed by atoms with Crippen molar-refractivity contribution < 1.29 is 33.5 Å². The summed E-state index contributed by atoms with van der Waals surface area (Å²) < 4.78 is 5.31. The lowest BCUT2D eigenvalue weighted by Gasteiger charge is -2.36. The molecule has 11 nitrogen and oxygen atoms in total. The summed E-state index contributed by atoms with van der Waals surface area (Å²) in [5, 5.41) is 6.76. The molecule has 11 heteroatoms. The molecule has 0 bridgehead atoms. The second kappa shape index (κ2) is 14.9. The van der Waals surface area contributed by atoms with Crippen molar-refractivity contribution in [1.29, 1.82) is 0 Å². The van der Waals surface area contributed by atoms with Crippen LogP contribution in [0.3, 0.4) is 0 Å². The van der Waals surface area contributed by atoms with E-state index in [1.165, 1.54) is 5.01 Å². The monoisotopic (exact) mass is 570 g/mol. The lowest BCUT2D eigenvalue weighted by molar-refractivity contribution is -0.153. The summed E-state index contributed by atoms with van der Waals surface area (Å²) in [6.07, 6.45) is 1.85. The highest BCUT2D eigenvalue weighted by molar-refractivity contribution is 6.01. The molecule has 0 aromatic heterocycles. The number of ether oxygens (including phenoxy) is 1. The van der Waals surface area contributed by atoms with Crippen molar-refractivity contribution in [2.75, 3.05) is 19.7 Å². The number of rotatable bonds is 12. The Hall–Kier alpha value is -3.60. The van der Waals surface area contributed by atoms with Crippen molar-refractivity contribution in [3.8, 4) is 0 Å². The summed E-state index contributed by atoms with van der Waals surface area (Å²) in [6.45, 7) is 7.55. The maximum absolute atomic E-state index is 13.3. The first-order valence-corrected chi connectivity index (χ1v) is 14.4. The van der Waals surface area contributed by atoms with E-state index in [2.05, 4.69) is 16.1 Å².